The Morgan fingerprint density at radius 2 is 2.00 bits per heavy atom. The van der Waals surface area contributed by atoms with Gasteiger partial charge < -0.3 is 15.2 Å². The van der Waals surface area contributed by atoms with Gasteiger partial charge in [-0.3, -0.25) is 4.79 Å². The van der Waals surface area contributed by atoms with Crippen molar-refractivity contribution in [3.05, 3.63) is 65.2 Å². The van der Waals surface area contributed by atoms with Crippen LogP contribution in [0.3, 0.4) is 0 Å². The lowest BCUT2D eigenvalue weighted by atomic mass is 9.93. The number of benzene rings is 2. The predicted octanol–water partition coefficient (Wildman–Crippen LogP) is 2.61. The highest BCUT2D eigenvalue weighted by Gasteiger charge is 2.21. The molecule has 1 heterocycles. The first-order valence-corrected chi connectivity index (χ1v) is 7.94. The molecule has 2 aromatic rings. The second-order valence-electron chi connectivity index (χ2n) is 5.86. The van der Waals surface area contributed by atoms with Crippen LogP contribution in [-0.2, 0) is 11.2 Å². The van der Waals surface area contributed by atoms with Gasteiger partial charge in [0.1, 0.15) is 5.75 Å². The van der Waals surface area contributed by atoms with Crippen molar-refractivity contribution in [2.24, 2.45) is 0 Å². The minimum Gasteiger partial charge on any atom is -0.493 e. The zero-order chi connectivity index (χ0) is 16.9. The molecule has 0 fully saturated rings. The summed E-state index contributed by atoms with van der Waals surface area (Å²) in [6.45, 7) is 1.20. The summed E-state index contributed by atoms with van der Waals surface area (Å²) < 4.78 is 5.62. The number of amides is 1. The third-order valence-electron chi connectivity index (χ3n) is 4.17. The van der Waals surface area contributed by atoms with E-state index in [9.17, 15) is 9.59 Å². The number of ether oxygens (including phenoxy) is 1. The standard InChI is InChI=1S/C19H19NO4/c21-18(11-13-4-3-5-14(10-13)19(22)23)20-12-15-8-9-24-17-7-2-1-6-16(15)17/h1-7,10,15H,8-9,11-12H2,(H,20,21)(H,22,23). The first-order chi connectivity index (χ1) is 11.6. The van der Waals surface area contributed by atoms with Gasteiger partial charge in [0.25, 0.3) is 0 Å². The van der Waals surface area contributed by atoms with Gasteiger partial charge in [-0.25, -0.2) is 4.79 Å². The van der Waals surface area contributed by atoms with Crippen LogP contribution in [0.15, 0.2) is 48.5 Å². The number of carbonyl (C=O) groups is 2. The van der Waals surface area contributed by atoms with Gasteiger partial charge in [-0.05, 0) is 35.7 Å². The summed E-state index contributed by atoms with van der Waals surface area (Å²) in [4.78, 5) is 23.1. The van der Waals surface area contributed by atoms with Crippen LogP contribution in [0.4, 0.5) is 0 Å². The molecule has 0 radical (unpaired) electrons. The first kappa shape index (κ1) is 16.1. The van der Waals surface area contributed by atoms with E-state index in [1.54, 1.807) is 12.1 Å². The number of fused-ring (bicyclic) bond motifs is 1. The van der Waals surface area contributed by atoms with E-state index < -0.39 is 5.97 Å². The Morgan fingerprint density at radius 1 is 1.17 bits per heavy atom. The summed E-state index contributed by atoms with van der Waals surface area (Å²) in [6, 6.07) is 14.3. The van der Waals surface area contributed by atoms with Crippen molar-refractivity contribution in [2.75, 3.05) is 13.2 Å². The molecule has 5 heteroatoms. The number of carbonyl (C=O) groups excluding carboxylic acids is 1. The molecule has 1 aliphatic rings. The first-order valence-electron chi connectivity index (χ1n) is 7.94. The average Bonchev–Trinajstić information content (AvgIpc) is 2.60. The van der Waals surface area contributed by atoms with Crippen molar-refractivity contribution in [3.63, 3.8) is 0 Å². The van der Waals surface area contributed by atoms with Gasteiger partial charge in [0.2, 0.25) is 5.91 Å². The highest BCUT2D eigenvalue weighted by molar-refractivity contribution is 5.88. The van der Waals surface area contributed by atoms with Crippen molar-refractivity contribution in [1.82, 2.24) is 5.32 Å². The van der Waals surface area contributed by atoms with Crippen LogP contribution >= 0.6 is 0 Å². The molecule has 1 unspecified atom stereocenters. The molecule has 0 bridgehead atoms. The Labute approximate surface area is 140 Å². The summed E-state index contributed by atoms with van der Waals surface area (Å²) in [5.41, 5.74) is 2.01. The minimum atomic E-state index is -0.990. The van der Waals surface area contributed by atoms with Crippen molar-refractivity contribution in [2.45, 2.75) is 18.8 Å². The third-order valence-corrected chi connectivity index (χ3v) is 4.17. The van der Waals surface area contributed by atoms with Crippen molar-refractivity contribution >= 4 is 11.9 Å². The van der Waals surface area contributed by atoms with E-state index >= 15 is 0 Å². The van der Waals surface area contributed by atoms with E-state index in [0.717, 1.165) is 17.7 Å². The summed E-state index contributed by atoms with van der Waals surface area (Å²) in [5.74, 6) is 0.0268. The van der Waals surface area contributed by atoms with Crippen LogP contribution in [0.5, 0.6) is 5.75 Å². The Morgan fingerprint density at radius 3 is 2.83 bits per heavy atom. The fourth-order valence-corrected chi connectivity index (χ4v) is 2.93. The number of carboxylic acids is 1. The zero-order valence-electron chi connectivity index (χ0n) is 13.2. The summed E-state index contributed by atoms with van der Waals surface area (Å²) in [5, 5.41) is 11.9. The predicted molar refractivity (Wildman–Crippen MR) is 89.4 cm³/mol. The number of hydrogen-bond acceptors (Lipinski definition) is 3. The number of para-hydroxylation sites is 1. The molecule has 0 aromatic heterocycles. The van der Waals surface area contributed by atoms with Crippen LogP contribution in [-0.4, -0.2) is 30.1 Å². The zero-order valence-corrected chi connectivity index (χ0v) is 13.2. The van der Waals surface area contributed by atoms with Crippen molar-refractivity contribution < 1.29 is 19.4 Å². The molecule has 0 aliphatic carbocycles. The molecule has 1 aliphatic heterocycles. The lowest BCUT2D eigenvalue weighted by molar-refractivity contribution is -0.120. The van der Waals surface area contributed by atoms with Gasteiger partial charge in [-0.2, -0.15) is 0 Å². The molecular formula is C19H19NO4. The smallest absolute Gasteiger partial charge is 0.335 e. The van der Waals surface area contributed by atoms with E-state index in [0.29, 0.717) is 18.7 Å². The van der Waals surface area contributed by atoms with Crippen molar-refractivity contribution in [1.29, 1.82) is 0 Å². The number of nitrogens with one attached hydrogen (secondary N) is 1. The highest BCUT2D eigenvalue weighted by atomic mass is 16.5. The second-order valence-corrected chi connectivity index (χ2v) is 5.86. The van der Waals surface area contributed by atoms with Crippen LogP contribution in [0, 0.1) is 0 Å². The highest BCUT2D eigenvalue weighted by Crippen LogP contribution is 2.32. The SMILES string of the molecule is O=C(Cc1cccc(C(=O)O)c1)NCC1CCOc2ccccc21. The maximum absolute atomic E-state index is 12.2. The molecule has 1 amide bonds. The topological polar surface area (TPSA) is 75.6 Å². The molecule has 5 nitrogen and oxygen atoms in total. The lowest BCUT2D eigenvalue weighted by Gasteiger charge is -2.26. The van der Waals surface area contributed by atoms with Gasteiger partial charge in [0.15, 0.2) is 0 Å². The number of rotatable bonds is 5. The Balaban J connectivity index is 1.59. The van der Waals surface area contributed by atoms with E-state index in [2.05, 4.69) is 5.32 Å². The molecule has 24 heavy (non-hydrogen) atoms. The monoisotopic (exact) mass is 325 g/mol. The van der Waals surface area contributed by atoms with Gasteiger partial charge in [0, 0.05) is 12.5 Å². The molecule has 0 saturated carbocycles. The van der Waals surface area contributed by atoms with Crippen molar-refractivity contribution in [3.8, 4) is 5.75 Å². The largest absolute Gasteiger partial charge is 0.493 e. The quantitative estimate of drug-likeness (QED) is 0.886. The number of hydrogen-bond donors (Lipinski definition) is 2. The molecule has 0 spiro atoms. The molecular weight excluding hydrogens is 306 g/mol. The molecule has 2 N–H and O–H groups in total. The van der Waals surface area contributed by atoms with Gasteiger partial charge >= 0.3 is 5.97 Å². The van der Waals surface area contributed by atoms with E-state index in [-0.39, 0.29) is 23.8 Å². The van der Waals surface area contributed by atoms with Gasteiger partial charge in [0.05, 0.1) is 18.6 Å². The second kappa shape index (κ2) is 7.17. The van der Waals surface area contributed by atoms with Crippen LogP contribution < -0.4 is 10.1 Å². The molecule has 0 saturated heterocycles. The Bertz CT molecular complexity index is 757. The molecule has 2 aromatic carbocycles. The van der Waals surface area contributed by atoms with Crippen LogP contribution in [0.2, 0.25) is 0 Å². The molecule has 124 valence electrons. The fourth-order valence-electron chi connectivity index (χ4n) is 2.93. The normalized spacial score (nSPS) is 15.9. The number of carboxylic acid groups (broad SMARTS) is 1. The fraction of sp³-hybridized carbons (Fsp3) is 0.263. The summed E-state index contributed by atoms with van der Waals surface area (Å²) in [6.07, 6.45) is 1.04. The van der Waals surface area contributed by atoms with E-state index in [4.69, 9.17) is 9.84 Å². The number of aromatic carboxylic acids is 1. The van der Waals surface area contributed by atoms with E-state index in [1.807, 2.05) is 24.3 Å². The minimum absolute atomic E-state index is 0.110. The van der Waals surface area contributed by atoms with E-state index in [1.165, 1.54) is 12.1 Å². The summed E-state index contributed by atoms with van der Waals surface area (Å²) >= 11 is 0. The molecule has 1 atom stereocenters. The Kier molecular flexibility index (Phi) is 4.79. The lowest BCUT2D eigenvalue weighted by Crippen LogP contribution is -2.31. The summed E-state index contributed by atoms with van der Waals surface area (Å²) in [7, 11) is 0. The average molecular weight is 325 g/mol. The Hall–Kier alpha value is -2.82. The molecule has 3 rings (SSSR count). The maximum Gasteiger partial charge on any atom is 0.335 e. The van der Waals surface area contributed by atoms with Crippen LogP contribution in [0.1, 0.15) is 33.8 Å². The van der Waals surface area contributed by atoms with Gasteiger partial charge in [-0.1, -0.05) is 30.3 Å². The van der Waals surface area contributed by atoms with Crippen LogP contribution in [0.25, 0.3) is 0 Å². The maximum atomic E-state index is 12.2. The van der Waals surface area contributed by atoms with Gasteiger partial charge in [-0.15, -0.1) is 0 Å². The third kappa shape index (κ3) is 3.74.